The summed E-state index contributed by atoms with van der Waals surface area (Å²) in [7, 11) is 0. The van der Waals surface area contributed by atoms with Gasteiger partial charge in [-0.1, -0.05) is 84.4 Å². The molecule has 0 spiro atoms. The highest BCUT2D eigenvalue weighted by atomic mass is 16.4. The Kier molecular flexibility index (Phi) is 6.69. The van der Waals surface area contributed by atoms with Crippen LogP contribution >= 0.6 is 0 Å². The van der Waals surface area contributed by atoms with E-state index in [0.29, 0.717) is 16.9 Å². The summed E-state index contributed by atoms with van der Waals surface area (Å²) in [5.41, 5.74) is 8.29. The van der Waals surface area contributed by atoms with Crippen molar-refractivity contribution in [2.75, 3.05) is 29.9 Å². The van der Waals surface area contributed by atoms with Crippen molar-refractivity contribution in [2.45, 2.75) is 12.3 Å². The van der Waals surface area contributed by atoms with Gasteiger partial charge >= 0.3 is 6.09 Å². The molecule has 39 heavy (non-hydrogen) atoms. The lowest BCUT2D eigenvalue weighted by Crippen LogP contribution is -2.34. The molecule has 0 bridgehead atoms. The molecular formula is C33H29N3O3. The third kappa shape index (κ3) is 4.94. The normalized spacial score (nSPS) is 15.1. The fourth-order valence-electron chi connectivity index (χ4n) is 5.60. The third-order valence-corrected chi connectivity index (χ3v) is 7.52. The van der Waals surface area contributed by atoms with Crippen molar-refractivity contribution >= 4 is 29.5 Å². The van der Waals surface area contributed by atoms with Crippen LogP contribution in [0.5, 0.6) is 0 Å². The molecule has 0 radical (unpaired) electrons. The number of para-hydroxylation sites is 2. The Hall–Kier alpha value is -4.68. The van der Waals surface area contributed by atoms with Crippen molar-refractivity contribution in [2.24, 2.45) is 0 Å². The van der Waals surface area contributed by atoms with Gasteiger partial charge in [0.2, 0.25) is 0 Å². The van der Waals surface area contributed by atoms with Crippen molar-refractivity contribution in [1.82, 2.24) is 5.32 Å². The number of rotatable bonds is 6. The first-order chi connectivity index (χ1) is 19.1. The Morgan fingerprint density at radius 2 is 1.51 bits per heavy atom. The fraction of sp³-hybridized carbons (Fsp3) is 0.152. The van der Waals surface area contributed by atoms with E-state index < -0.39 is 6.09 Å². The SMILES string of the molecule is O=C(Nc1ccccc1N(CC1c2ccccc2-c2ccccc21)C(=O)O)c1ccc(/C=C2/CCNC2)cc1. The number of nitrogens with one attached hydrogen (secondary N) is 2. The number of benzene rings is 4. The van der Waals surface area contributed by atoms with Crippen molar-refractivity contribution in [3.63, 3.8) is 0 Å². The molecule has 194 valence electrons. The summed E-state index contributed by atoms with van der Waals surface area (Å²) in [6.07, 6.45) is 2.12. The molecule has 4 aromatic carbocycles. The average Bonchev–Trinajstić information content (AvgIpc) is 3.58. The Bertz CT molecular complexity index is 1520. The van der Waals surface area contributed by atoms with Gasteiger partial charge in [0.15, 0.2) is 0 Å². The maximum atomic E-state index is 13.2. The second kappa shape index (κ2) is 10.6. The van der Waals surface area contributed by atoms with Crippen LogP contribution in [0.1, 0.15) is 39.4 Å². The molecule has 1 heterocycles. The summed E-state index contributed by atoms with van der Waals surface area (Å²) >= 11 is 0. The van der Waals surface area contributed by atoms with Gasteiger partial charge in [0.1, 0.15) is 0 Å². The molecule has 2 amide bonds. The molecule has 2 aliphatic rings. The van der Waals surface area contributed by atoms with Crippen LogP contribution in [0.15, 0.2) is 103 Å². The number of carbonyl (C=O) groups excluding carboxylic acids is 1. The predicted octanol–water partition coefficient (Wildman–Crippen LogP) is 6.61. The first-order valence-electron chi connectivity index (χ1n) is 13.2. The van der Waals surface area contributed by atoms with Gasteiger partial charge in [0.05, 0.1) is 11.4 Å². The first kappa shape index (κ1) is 24.6. The Morgan fingerprint density at radius 3 is 2.15 bits per heavy atom. The van der Waals surface area contributed by atoms with Crippen LogP contribution in [-0.2, 0) is 0 Å². The first-order valence-corrected chi connectivity index (χ1v) is 13.2. The predicted molar refractivity (Wildman–Crippen MR) is 155 cm³/mol. The molecule has 1 aliphatic carbocycles. The van der Waals surface area contributed by atoms with Crippen LogP contribution in [0.2, 0.25) is 0 Å². The van der Waals surface area contributed by atoms with Crippen LogP contribution in [0, 0.1) is 0 Å². The number of fused-ring (bicyclic) bond motifs is 3. The molecule has 0 saturated carbocycles. The summed E-state index contributed by atoms with van der Waals surface area (Å²) in [6, 6.07) is 30.8. The van der Waals surface area contributed by atoms with Gasteiger partial charge in [-0.05, 0) is 65.0 Å². The van der Waals surface area contributed by atoms with Crippen LogP contribution < -0.4 is 15.5 Å². The number of anilines is 2. The molecule has 3 N–H and O–H groups in total. The maximum absolute atomic E-state index is 13.2. The van der Waals surface area contributed by atoms with Crippen LogP contribution in [0.25, 0.3) is 17.2 Å². The zero-order valence-electron chi connectivity index (χ0n) is 21.4. The maximum Gasteiger partial charge on any atom is 0.411 e. The van der Waals surface area contributed by atoms with Crippen LogP contribution in [0.3, 0.4) is 0 Å². The smallest absolute Gasteiger partial charge is 0.411 e. The molecule has 4 aromatic rings. The molecule has 0 atom stereocenters. The summed E-state index contributed by atoms with van der Waals surface area (Å²) in [4.78, 5) is 27.1. The second-order valence-electron chi connectivity index (χ2n) is 9.94. The Morgan fingerprint density at radius 1 is 0.872 bits per heavy atom. The third-order valence-electron chi connectivity index (χ3n) is 7.52. The van der Waals surface area contributed by atoms with E-state index in [-0.39, 0.29) is 18.4 Å². The van der Waals surface area contributed by atoms with Gasteiger partial charge in [-0.2, -0.15) is 0 Å². The zero-order valence-corrected chi connectivity index (χ0v) is 21.4. The molecular weight excluding hydrogens is 486 g/mol. The van der Waals surface area contributed by atoms with Crippen molar-refractivity contribution in [3.05, 3.63) is 125 Å². The summed E-state index contributed by atoms with van der Waals surface area (Å²) < 4.78 is 0. The van der Waals surface area contributed by atoms with Crippen LogP contribution in [0.4, 0.5) is 16.2 Å². The molecule has 6 rings (SSSR count). The summed E-state index contributed by atoms with van der Waals surface area (Å²) in [5, 5.41) is 16.6. The minimum Gasteiger partial charge on any atom is -0.465 e. The summed E-state index contributed by atoms with van der Waals surface area (Å²) in [6.45, 7) is 2.13. The highest BCUT2D eigenvalue weighted by molar-refractivity contribution is 6.07. The molecule has 1 aliphatic heterocycles. The lowest BCUT2D eigenvalue weighted by Gasteiger charge is -2.26. The number of hydrogen-bond donors (Lipinski definition) is 3. The lowest BCUT2D eigenvalue weighted by atomic mass is 9.96. The lowest BCUT2D eigenvalue weighted by molar-refractivity contribution is 0.102. The molecule has 6 nitrogen and oxygen atoms in total. The monoisotopic (exact) mass is 515 g/mol. The number of nitrogens with zero attached hydrogens (tertiary/aromatic N) is 1. The van der Waals surface area contributed by atoms with E-state index in [0.717, 1.165) is 47.3 Å². The standard InChI is InChI=1S/C33H29N3O3/c37-32(24-15-13-22(14-16-24)19-23-17-18-34-20-23)35-30-11-5-6-12-31(30)36(33(38)39)21-29-27-9-3-1-7-25(27)26-8-2-4-10-28(26)29/h1-16,19,29,34H,17-18,20-21H2,(H,35,37)(H,38,39)/b23-19-. The van der Waals surface area contributed by atoms with E-state index in [1.807, 2.05) is 36.4 Å². The van der Waals surface area contributed by atoms with Crippen molar-refractivity contribution in [1.29, 1.82) is 0 Å². The molecule has 1 saturated heterocycles. The average molecular weight is 516 g/mol. The number of carboxylic acid groups (broad SMARTS) is 1. The van der Waals surface area contributed by atoms with E-state index in [1.165, 1.54) is 10.5 Å². The summed E-state index contributed by atoms with van der Waals surface area (Å²) in [5.74, 6) is -0.403. The molecule has 0 unspecified atom stereocenters. The number of carbonyl (C=O) groups is 2. The highest BCUT2D eigenvalue weighted by Gasteiger charge is 2.32. The Labute approximate surface area is 227 Å². The van der Waals surface area contributed by atoms with Gasteiger partial charge in [0.25, 0.3) is 5.91 Å². The topological polar surface area (TPSA) is 81.7 Å². The highest BCUT2D eigenvalue weighted by Crippen LogP contribution is 2.45. The quantitative estimate of drug-likeness (QED) is 0.270. The zero-order chi connectivity index (χ0) is 26.8. The van der Waals surface area contributed by atoms with Gasteiger partial charge in [-0.3, -0.25) is 9.69 Å². The van der Waals surface area contributed by atoms with Crippen LogP contribution in [-0.4, -0.2) is 36.7 Å². The Balaban J connectivity index is 1.26. The molecule has 6 heteroatoms. The second-order valence-corrected chi connectivity index (χ2v) is 9.94. The van der Waals surface area contributed by atoms with E-state index in [4.69, 9.17) is 0 Å². The fourth-order valence-corrected chi connectivity index (χ4v) is 5.60. The van der Waals surface area contributed by atoms with Crippen molar-refractivity contribution < 1.29 is 14.7 Å². The van der Waals surface area contributed by atoms with E-state index in [9.17, 15) is 14.7 Å². The minimum absolute atomic E-state index is 0.117. The van der Waals surface area contributed by atoms with Crippen molar-refractivity contribution in [3.8, 4) is 11.1 Å². The van der Waals surface area contributed by atoms with Gasteiger partial charge in [-0.25, -0.2) is 4.79 Å². The van der Waals surface area contributed by atoms with E-state index in [2.05, 4.69) is 41.0 Å². The van der Waals surface area contributed by atoms with E-state index >= 15 is 0 Å². The van der Waals surface area contributed by atoms with E-state index in [1.54, 1.807) is 36.4 Å². The van der Waals surface area contributed by atoms with Gasteiger partial charge in [-0.15, -0.1) is 0 Å². The number of hydrogen-bond acceptors (Lipinski definition) is 3. The molecule has 1 fully saturated rings. The number of amides is 2. The minimum atomic E-state index is -1.07. The van der Waals surface area contributed by atoms with Gasteiger partial charge < -0.3 is 15.7 Å². The molecule has 0 aromatic heterocycles. The largest absolute Gasteiger partial charge is 0.465 e. The van der Waals surface area contributed by atoms with Gasteiger partial charge in [0, 0.05) is 24.6 Å².